The number of hydrogen-bond acceptors (Lipinski definition) is 4. The summed E-state index contributed by atoms with van der Waals surface area (Å²) in [6.07, 6.45) is 0. The van der Waals surface area contributed by atoms with Crippen LogP contribution in [0.3, 0.4) is 0 Å². The minimum atomic E-state index is 0.143. The molecule has 0 fully saturated rings. The van der Waals surface area contributed by atoms with Gasteiger partial charge in [0.1, 0.15) is 11.5 Å². The standard InChI is InChI=1S/C14H15BrClNO2S/c1-8(14-9(15)4-5-20-14)17-11-7-12(18-2)10(16)6-13(11)19-3/h4-8,17H,1-3H3. The number of hydrogen-bond donors (Lipinski definition) is 1. The summed E-state index contributed by atoms with van der Waals surface area (Å²) < 4.78 is 11.7. The lowest BCUT2D eigenvalue weighted by atomic mass is 10.2. The van der Waals surface area contributed by atoms with Crippen molar-refractivity contribution in [3.05, 3.63) is 38.0 Å². The van der Waals surface area contributed by atoms with Gasteiger partial charge in [0.25, 0.3) is 0 Å². The van der Waals surface area contributed by atoms with Gasteiger partial charge in [-0.3, -0.25) is 0 Å². The average molecular weight is 377 g/mol. The van der Waals surface area contributed by atoms with Crippen LogP contribution >= 0.6 is 38.9 Å². The van der Waals surface area contributed by atoms with Gasteiger partial charge in [0.2, 0.25) is 0 Å². The van der Waals surface area contributed by atoms with Crippen molar-refractivity contribution < 1.29 is 9.47 Å². The molecule has 2 rings (SSSR count). The Morgan fingerprint density at radius 2 is 1.95 bits per heavy atom. The van der Waals surface area contributed by atoms with Gasteiger partial charge in [-0.1, -0.05) is 11.6 Å². The Kier molecular flexibility index (Phi) is 5.18. The topological polar surface area (TPSA) is 30.5 Å². The van der Waals surface area contributed by atoms with Gasteiger partial charge < -0.3 is 14.8 Å². The number of thiophene rings is 1. The fraction of sp³-hybridized carbons (Fsp3) is 0.286. The van der Waals surface area contributed by atoms with E-state index in [4.69, 9.17) is 21.1 Å². The van der Waals surface area contributed by atoms with Crippen molar-refractivity contribution in [3.8, 4) is 11.5 Å². The first-order chi connectivity index (χ1) is 9.56. The summed E-state index contributed by atoms with van der Waals surface area (Å²) in [7, 11) is 3.21. The quantitative estimate of drug-likeness (QED) is 0.762. The molecule has 0 radical (unpaired) electrons. The highest BCUT2D eigenvalue weighted by Gasteiger charge is 2.15. The number of halogens is 2. The molecule has 1 aromatic carbocycles. The van der Waals surface area contributed by atoms with Crippen LogP contribution in [0.2, 0.25) is 5.02 Å². The predicted molar refractivity (Wildman–Crippen MR) is 88.6 cm³/mol. The van der Waals surface area contributed by atoms with E-state index < -0.39 is 0 Å². The van der Waals surface area contributed by atoms with Crippen LogP contribution in [0.25, 0.3) is 0 Å². The molecule has 0 spiro atoms. The van der Waals surface area contributed by atoms with Crippen LogP contribution in [0.15, 0.2) is 28.1 Å². The summed E-state index contributed by atoms with van der Waals surface area (Å²) in [4.78, 5) is 1.22. The van der Waals surface area contributed by atoms with Gasteiger partial charge in [0.05, 0.1) is 31.0 Å². The first-order valence-electron chi connectivity index (χ1n) is 5.97. The summed E-state index contributed by atoms with van der Waals surface area (Å²) >= 11 is 11.3. The first kappa shape index (κ1) is 15.5. The zero-order valence-electron chi connectivity index (χ0n) is 11.4. The lowest BCUT2D eigenvalue weighted by molar-refractivity contribution is 0.404. The van der Waals surface area contributed by atoms with Gasteiger partial charge >= 0.3 is 0 Å². The number of rotatable bonds is 5. The van der Waals surface area contributed by atoms with Crippen LogP contribution in [0.5, 0.6) is 11.5 Å². The van der Waals surface area contributed by atoms with E-state index in [-0.39, 0.29) is 6.04 Å². The van der Waals surface area contributed by atoms with Crippen LogP contribution in [0.4, 0.5) is 5.69 Å². The van der Waals surface area contributed by atoms with Crippen molar-refractivity contribution in [2.75, 3.05) is 19.5 Å². The molecule has 0 aliphatic heterocycles. The molecular weight excluding hydrogens is 362 g/mol. The Morgan fingerprint density at radius 3 is 2.50 bits per heavy atom. The summed E-state index contributed by atoms with van der Waals surface area (Å²) in [5, 5.41) is 6.00. The monoisotopic (exact) mass is 375 g/mol. The highest BCUT2D eigenvalue weighted by Crippen LogP contribution is 2.39. The van der Waals surface area contributed by atoms with E-state index in [9.17, 15) is 0 Å². The largest absolute Gasteiger partial charge is 0.495 e. The van der Waals surface area contributed by atoms with E-state index in [1.807, 2.05) is 12.1 Å². The minimum absolute atomic E-state index is 0.143. The normalized spacial score (nSPS) is 12.1. The number of anilines is 1. The van der Waals surface area contributed by atoms with E-state index >= 15 is 0 Å². The maximum absolute atomic E-state index is 6.10. The summed E-state index contributed by atoms with van der Waals surface area (Å²) in [6, 6.07) is 5.78. The van der Waals surface area contributed by atoms with Crippen molar-refractivity contribution in [2.24, 2.45) is 0 Å². The molecule has 0 saturated heterocycles. The first-order valence-corrected chi connectivity index (χ1v) is 8.02. The van der Waals surface area contributed by atoms with E-state index in [0.29, 0.717) is 16.5 Å². The SMILES string of the molecule is COc1cc(NC(C)c2sccc2Br)c(OC)cc1Cl. The van der Waals surface area contributed by atoms with Crippen molar-refractivity contribution in [1.29, 1.82) is 0 Å². The molecule has 1 N–H and O–H groups in total. The van der Waals surface area contributed by atoms with Crippen LogP contribution in [-0.2, 0) is 0 Å². The van der Waals surface area contributed by atoms with Gasteiger partial charge in [0.15, 0.2) is 0 Å². The highest BCUT2D eigenvalue weighted by atomic mass is 79.9. The van der Waals surface area contributed by atoms with Crippen LogP contribution in [0.1, 0.15) is 17.8 Å². The molecule has 1 atom stereocenters. The van der Waals surface area contributed by atoms with Crippen molar-refractivity contribution in [1.82, 2.24) is 0 Å². The second-order valence-corrected chi connectivity index (χ2v) is 6.40. The second-order valence-electron chi connectivity index (χ2n) is 4.19. The average Bonchev–Trinajstić information content (AvgIpc) is 2.86. The Hall–Kier alpha value is -0.910. The molecule has 1 aromatic heterocycles. The molecule has 1 heterocycles. The van der Waals surface area contributed by atoms with Gasteiger partial charge in [0, 0.05) is 21.5 Å². The Balaban J connectivity index is 2.30. The number of ether oxygens (including phenoxy) is 2. The highest BCUT2D eigenvalue weighted by molar-refractivity contribution is 9.10. The zero-order valence-corrected chi connectivity index (χ0v) is 14.5. The Bertz CT molecular complexity index is 603. The molecule has 0 aliphatic carbocycles. The third-order valence-corrected chi connectivity index (χ3v) is 5.23. The van der Waals surface area contributed by atoms with Crippen molar-refractivity contribution in [3.63, 3.8) is 0 Å². The number of benzene rings is 1. The smallest absolute Gasteiger partial charge is 0.143 e. The lowest BCUT2D eigenvalue weighted by Gasteiger charge is -2.18. The minimum Gasteiger partial charge on any atom is -0.495 e. The summed E-state index contributed by atoms with van der Waals surface area (Å²) in [5.74, 6) is 1.31. The van der Waals surface area contributed by atoms with Gasteiger partial charge in [-0.05, 0) is 34.3 Å². The molecule has 108 valence electrons. The van der Waals surface area contributed by atoms with Crippen molar-refractivity contribution >= 4 is 44.6 Å². The third-order valence-electron chi connectivity index (χ3n) is 2.88. The predicted octanol–water partition coefficient (Wildman–Crippen LogP) is 5.35. The molecule has 0 saturated carbocycles. The molecule has 2 aromatic rings. The Labute approximate surface area is 136 Å². The van der Waals surface area contributed by atoms with E-state index in [1.165, 1.54) is 4.88 Å². The molecule has 20 heavy (non-hydrogen) atoms. The molecule has 0 amide bonds. The van der Waals surface area contributed by atoms with Crippen LogP contribution in [-0.4, -0.2) is 14.2 Å². The summed E-state index contributed by atoms with van der Waals surface area (Å²) in [6.45, 7) is 2.09. The fourth-order valence-corrected chi connectivity index (χ4v) is 3.84. The second kappa shape index (κ2) is 6.70. The fourth-order valence-electron chi connectivity index (χ4n) is 1.89. The number of nitrogens with one attached hydrogen (secondary N) is 1. The van der Waals surface area contributed by atoms with E-state index in [1.54, 1.807) is 31.6 Å². The maximum atomic E-state index is 6.10. The molecule has 3 nitrogen and oxygen atoms in total. The van der Waals surface area contributed by atoms with Crippen LogP contribution in [0, 0.1) is 0 Å². The van der Waals surface area contributed by atoms with Crippen LogP contribution < -0.4 is 14.8 Å². The molecule has 0 bridgehead atoms. The Morgan fingerprint density at radius 1 is 1.25 bits per heavy atom. The number of methoxy groups -OCH3 is 2. The molecular formula is C14H15BrClNO2S. The van der Waals surface area contributed by atoms with Gasteiger partial charge in [-0.2, -0.15) is 0 Å². The molecule has 0 aliphatic rings. The third kappa shape index (κ3) is 3.22. The lowest BCUT2D eigenvalue weighted by Crippen LogP contribution is -2.07. The summed E-state index contributed by atoms with van der Waals surface area (Å²) in [5.41, 5.74) is 0.849. The molecule has 6 heteroatoms. The van der Waals surface area contributed by atoms with Gasteiger partial charge in [-0.15, -0.1) is 11.3 Å². The van der Waals surface area contributed by atoms with Gasteiger partial charge in [-0.25, -0.2) is 0 Å². The maximum Gasteiger partial charge on any atom is 0.143 e. The molecule has 1 unspecified atom stereocenters. The van der Waals surface area contributed by atoms with E-state index in [2.05, 4.69) is 33.6 Å². The van der Waals surface area contributed by atoms with Crippen molar-refractivity contribution in [2.45, 2.75) is 13.0 Å². The van der Waals surface area contributed by atoms with E-state index in [0.717, 1.165) is 10.2 Å². The zero-order chi connectivity index (χ0) is 14.7.